The first kappa shape index (κ1) is 20.6. The minimum atomic E-state index is -0.254. The topological polar surface area (TPSA) is 76.7 Å². The summed E-state index contributed by atoms with van der Waals surface area (Å²) in [6.45, 7) is 2.01. The van der Waals surface area contributed by atoms with Gasteiger partial charge in [0.2, 0.25) is 0 Å². The number of rotatable bonds is 4. The van der Waals surface area contributed by atoms with Gasteiger partial charge in [-0.3, -0.25) is 4.98 Å². The summed E-state index contributed by atoms with van der Waals surface area (Å²) in [5.41, 5.74) is 7.95. The number of benzene rings is 1. The Labute approximate surface area is 157 Å². The van der Waals surface area contributed by atoms with Crippen LogP contribution in [0.2, 0.25) is 0 Å². The van der Waals surface area contributed by atoms with Gasteiger partial charge >= 0.3 is 0 Å². The van der Waals surface area contributed by atoms with Crippen molar-refractivity contribution >= 4 is 42.3 Å². The van der Waals surface area contributed by atoms with Crippen molar-refractivity contribution in [2.24, 2.45) is 0 Å². The third-order valence-corrected chi connectivity index (χ3v) is 3.61. The maximum absolute atomic E-state index is 13.0. The first-order valence-corrected chi connectivity index (χ1v) is 7.18. The van der Waals surface area contributed by atoms with E-state index in [0.29, 0.717) is 17.5 Å². The Morgan fingerprint density at radius 1 is 1.00 bits per heavy atom. The predicted octanol–water partition coefficient (Wildman–Crippen LogP) is 4.33. The number of pyridine rings is 1. The van der Waals surface area contributed by atoms with Crippen LogP contribution in [0.3, 0.4) is 0 Å². The second-order valence-corrected chi connectivity index (χ2v) is 5.16. The lowest BCUT2D eigenvalue weighted by atomic mass is 9.93. The molecule has 2 heterocycles. The third kappa shape index (κ3) is 5.01. The van der Waals surface area contributed by atoms with E-state index in [1.54, 1.807) is 30.7 Å². The van der Waals surface area contributed by atoms with Gasteiger partial charge in [0.05, 0.1) is 6.20 Å². The summed E-state index contributed by atoms with van der Waals surface area (Å²) < 4.78 is 13.0. The summed E-state index contributed by atoms with van der Waals surface area (Å²) in [6.07, 6.45) is 4.80. The summed E-state index contributed by atoms with van der Waals surface area (Å²) >= 11 is 0. The van der Waals surface area contributed by atoms with Crippen LogP contribution in [0.15, 0.2) is 55.0 Å². The van der Waals surface area contributed by atoms with Crippen LogP contribution < -0.4 is 11.1 Å². The van der Waals surface area contributed by atoms with Crippen LogP contribution in [0.1, 0.15) is 24.0 Å². The van der Waals surface area contributed by atoms with E-state index in [1.165, 1.54) is 12.1 Å². The van der Waals surface area contributed by atoms with Crippen molar-refractivity contribution in [2.45, 2.75) is 12.8 Å². The smallest absolute Gasteiger partial charge is 0.150 e. The van der Waals surface area contributed by atoms with Gasteiger partial charge in [-0.25, -0.2) is 14.4 Å². The molecule has 0 saturated carbocycles. The molecule has 2 aromatic heterocycles. The molecule has 0 aliphatic rings. The van der Waals surface area contributed by atoms with Crippen LogP contribution in [0.25, 0.3) is 0 Å². The van der Waals surface area contributed by atoms with Crippen LogP contribution in [0, 0.1) is 5.82 Å². The molecule has 3 aromatic rings. The van der Waals surface area contributed by atoms with Crippen LogP contribution in [0.5, 0.6) is 0 Å². The van der Waals surface area contributed by atoms with Gasteiger partial charge in [0.25, 0.3) is 0 Å². The molecule has 0 fully saturated rings. The second-order valence-electron chi connectivity index (χ2n) is 5.16. The van der Waals surface area contributed by atoms with E-state index in [4.69, 9.17) is 5.73 Å². The van der Waals surface area contributed by atoms with Gasteiger partial charge in [-0.1, -0.05) is 25.1 Å². The average Bonchev–Trinajstić information content (AvgIpc) is 2.56. The highest BCUT2D eigenvalue weighted by Gasteiger charge is 2.13. The van der Waals surface area contributed by atoms with Crippen molar-refractivity contribution < 1.29 is 4.39 Å². The molecule has 0 bridgehead atoms. The van der Waals surface area contributed by atoms with Gasteiger partial charge in [-0.2, -0.15) is 0 Å². The molecule has 0 amide bonds. The predicted molar refractivity (Wildman–Crippen MR) is 102 cm³/mol. The summed E-state index contributed by atoms with van der Waals surface area (Å²) in [5, 5.41) is 3.04. The Morgan fingerprint density at radius 2 is 1.72 bits per heavy atom. The van der Waals surface area contributed by atoms with E-state index < -0.39 is 0 Å². The molecule has 1 aromatic carbocycles. The highest BCUT2D eigenvalue weighted by atomic mass is 35.5. The summed E-state index contributed by atoms with van der Waals surface area (Å²) in [6, 6.07) is 10.1. The van der Waals surface area contributed by atoms with Crippen LogP contribution in [-0.2, 0) is 0 Å². The molecular weight excluding hydrogens is 364 g/mol. The van der Waals surface area contributed by atoms with Crippen LogP contribution in [0.4, 0.5) is 21.8 Å². The lowest BCUT2D eigenvalue weighted by Crippen LogP contribution is -2.05. The fraction of sp³-hybridized carbons (Fsp3) is 0.118. The quantitative estimate of drug-likeness (QED) is 0.702. The molecule has 0 spiro atoms. The first-order chi connectivity index (χ1) is 11.1. The molecule has 3 rings (SSSR count). The minimum Gasteiger partial charge on any atom is -0.383 e. The van der Waals surface area contributed by atoms with Crippen molar-refractivity contribution in [2.75, 3.05) is 11.1 Å². The van der Waals surface area contributed by atoms with Gasteiger partial charge in [-0.05, 0) is 23.8 Å². The van der Waals surface area contributed by atoms with E-state index in [0.717, 1.165) is 11.1 Å². The zero-order valence-corrected chi connectivity index (χ0v) is 15.0. The number of nitrogens with two attached hydrogens (primary N) is 1. The van der Waals surface area contributed by atoms with Gasteiger partial charge in [0.1, 0.15) is 23.3 Å². The summed E-state index contributed by atoms with van der Waals surface area (Å²) in [5.74, 6) is 1.39. The number of nitrogen functional groups attached to an aromatic ring is 1. The second kappa shape index (κ2) is 9.15. The summed E-state index contributed by atoms with van der Waals surface area (Å²) in [7, 11) is 0. The minimum absolute atomic E-state index is 0. The number of aromatic nitrogens is 3. The monoisotopic (exact) mass is 381 g/mol. The molecular formula is C17H18Cl2FN5. The Bertz CT molecular complexity index is 800. The van der Waals surface area contributed by atoms with Crippen molar-refractivity contribution in [3.63, 3.8) is 0 Å². The largest absolute Gasteiger partial charge is 0.383 e. The van der Waals surface area contributed by atoms with E-state index in [1.807, 2.05) is 19.1 Å². The number of halogens is 3. The number of nitrogens with one attached hydrogen (secondary N) is 1. The highest BCUT2D eigenvalue weighted by Crippen LogP contribution is 2.29. The molecule has 25 heavy (non-hydrogen) atoms. The Morgan fingerprint density at radius 3 is 2.32 bits per heavy atom. The normalized spacial score (nSPS) is 11.0. The average molecular weight is 382 g/mol. The summed E-state index contributed by atoms with van der Waals surface area (Å²) in [4.78, 5) is 12.5. The van der Waals surface area contributed by atoms with Crippen molar-refractivity contribution in [1.29, 1.82) is 0 Å². The Hall–Kier alpha value is -2.44. The lowest BCUT2D eigenvalue weighted by Gasteiger charge is -2.15. The molecule has 3 N–H and O–H groups in total. The molecule has 132 valence electrons. The van der Waals surface area contributed by atoms with Gasteiger partial charge in [0.15, 0.2) is 0 Å². The Balaban J connectivity index is 0.00000156. The van der Waals surface area contributed by atoms with Crippen molar-refractivity contribution in [3.8, 4) is 0 Å². The van der Waals surface area contributed by atoms with Gasteiger partial charge < -0.3 is 11.1 Å². The highest BCUT2D eigenvalue weighted by molar-refractivity contribution is 5.85. The van der Waals surface area contributed by atoms with Gasteiger partial charge in [-0.15, -0.1) is 24.8 Å². The maximum Gasteiger partial charge on any atom is 0.150 e. The van der Waals surface area contributed by atoms with Crippen molar-refractivity contribution in [1.82, 2.24) is 15.0 Å². The molecule has 0 aliphatic carbocycles. The number of anilines is 3. The molecule has 0 saturated heterocycles. The lowest BCUT2D eigenvalue weighted by molar-refractivity contribution is 0.626. The number of nitrogens with zero attached hydrogens (tertiary/aromatic N) is 3. The van der Waals surface area contributed by atoms with Gasteiger partial charge in [0, 0.05) is 23.9 Å². The van der Waals surface area contributed by atoms with E-state index in [2.05, 4.69) is 20.3 Å². The molecule has 8 heteroatoms. The number of hydrogen-bond donors (Lipinski definition) is 2. The maximum atomic E-state index is 13.0. The fourth-order valence-electron chi connectivity index (χ4n) is 2.35. The zero-order valence-electron chi connectivity index (χ0n) is 13.4. The van der Waals surface area contributed by atoms with E-state index in [-0.39, 0.29) is 36.5 Å². The molecule has 0 aliphatic heterocycles. The Kier molecular flexibility index (Phi) is 7.54. The van der Waals surface area contributed by atoms with Crippen LogP contribution >= 0.6 is 24.8 Å². The molecule has 1 atom stereocenters. The van der Waals surface area contributed by atoms with E-state index >= 15 is 0 Å². The van der Waals surface area contributed by atoms with E-state index in [9.17, 15) is 4.39 Å². The fourth-order valence-corrected chi connectivity index (χ4v) is 2.35. The van der Waals surface area contributed by atoms with Crippen LogP contribution in [-0.4, -0.2) is 15.0 Å². The SMILES string of the molecule is CC(c1ccc(F)cc1)c1ccc(Nc2cnccn2)nc1N.Cl.Cl. The third-order valence-electron chi connectivity index (χ3n) is 3.61. The van der Waals surface area contributed by atoms with Crippen molar-refractivity contribution in [3.05, 3.63) is 71.9 Å². The standard InChI is InChI=1S/C17H16FN5.2ClH/c1-11(12-2-4-13(18)5-3-12)14-6-7-15(23-17(14)19)22-16-10-20-8-9-21-16;;/h2-11H,1H3,(H3,19,21,22,23);2*1H. The zero-order chi connectivity index (χ0) is 16.2. The molecule has 5 nitrogen and oxygen atoms in total. The first-order valence-electron chi connectivity index (χ1n) is 7.18. The molecule has 1 unspecified atom stereocenters. The number of hydrogen-bond acceptors (Lipinski definition) is 5. The molecule has 0 radical (unpaired) electrons.